The number of benzene rings is 1. The van der Waals surface area contributed by atoms with Crippen LogP contribution in [0.3, 0.4) is 0 Å². The van der Waals surface area contributed by atoms with Crippen molar-refractivity contribution in [2.24, 2.45) is 0 Å². The first-order valence-corrected chi connectivity index (χ1v) is 8.89. The molecule has 0 atom stereocenters. The van der Waals surface area contributed by atoms with Crippen LogP contribution in [0.4, 0.5) is 0 Å². The summed E-state index contributed by atoms with van der Waals surface area (Å²) in [6, 6.07) is 6.31. The molecule has 1 aromatic rings. The molecular formula is C16H23FmN2O5S-. The van der Waals surface area contributed by atoms with Crippen LogP contribution in [-0.4, -0.2) is 50.3 Å². The molecule has 0 bridgehead atoms. The summed E-state index contributed by atoms with van der Waals surface area (Å²) in [6.45, 7) is 6.49. The van der Waals surface area contributed by atoms with Crippen molar-refractivity contribution in [3.05, 3.63) is 29.8 Å². The first-order valence-electron chi connectivity index (χ1n) is 7.45. The largest absolute Gasteiger partial charge is 0.529 e. The van der Waals surface area contributed by atoms with Gasteiger partial charge < -0.3 is 14.8 Å². The Labute approximate surface area is 143 Å². The zero-order chi connectivity index (χ0) is 18.4. The molecule has 0 radical (unpaired) electrons. The van der Waals surface area contributed by atoms with Crippen molar-refractivity contribution in [2.75, 3.05) is 19.6 Å². The second-order valence-corrected chi connectivity index (χ2v) is 8.20. The van der Waals surface area contributed by atoms with Crippen LogP contribution < -0.4 is 5.32 Å². The monoisotopic (exact) mass is 612 g/mol. The van der Waals surface area contributed by atoms with E-state index < -0.39 is 28.1 Å². The van der Waals surface area contributed by atoms with Crippen LogP contribution in [-0.2, 0) is 24.3 Å². The first-order chi connectivity index (χ1) is 11.1. The number of nitrogens with zero attached hydrogens (tertiary/aromatic N) is 1. The standard InChI is InChI=1S/C16H23N2O5S.Fm/c1-13-5-7-14(8-6-13)24(21,22)18(10-9-17-12-19)11-15(20)23-16(2,3)4;/h5-8H,9-11H2,1-4H3,(H,17,19);/q-1;. The van der Waals surface area contributed by atoms with E-state index in [0.717, 1.165) is 9.87 Å². The van der Waals surface area contributed by atoms with Crippen molar-refractivity contribution < 1.29 is 22.7 Å². The summed E-state index contributed by atoms with van der Waals surface area (Å²) in [5, 5.41) is 2.27. The van der Waals surface area contributed by atoms with E-state index in [1.807, 2.05) is 6.92 Å². The summed E-state index contributed by atoms with van der Waals surface area (Å²) >= 11 is 0. The van der Waals surface area contributed by atoms with Gasteiger partial charge in [0.05, 0.1) is 4.90 Å². The number of nitrogens with one attached hydrogen (secondary N) is 1. The third kappa shape index (κ3) is 7.01. The fourth-order valence-corrected chi connectivity index (χ4v) is 3.28. The minimum atomic E-state index is -3.89. The third-order valence-corrected chi connectivity index (χ3v) is 4.80. The maximum atomic E-state index is 12.7. The Balaban J connectivity index is 0.00000576. The number of carbonyl (C=O) groups excluding carboxylic acids is 2. The van der Waals surface area contributed by atoms with Crippen molar-refractivity contribution in [1.29, 1.82) is 0 Å². The van der Waals surface area contributed by atoms with E-state index >= 15 is 0 Å². The number of rotatable bonds is 8. The molecule has 0 aromatic heterocycles. The predicted molar refractivity (Wildman–Crippen MR) is 89.5 cm³/mol. The zero-order valence-electron chi connectivity index (χ0n) is 14.6. The Hall–Kier alpha value is -2.93. The van der Waals surface area contributed by atoms with Crippen molar-refractivity contribution >= 4 is 22.4 Å². The maximum absolute atomic E-state index is 12.7. The van der Waals surface area contributed by atoms with Crippen molar-refractivity contribution in [1.82, 2.24) is 9.62 Å². The van der Waals surface area contributed by atoms with E-state index in [1.54, 1.807) is 32.9 Å². The first kappa shape index (κ1) is 22.1. The number of amides is 1. The molecule has 0 unspecified atom stereocenters. The number of esters is 1. The van der Waals surface area contributed by atoms with Gasteiger partial charge in [-0.3, -0.25) is 4.79 Å². The fraction of sp³-hybridized carbons (Fsp3) is 0.500. The number of ether oxygens (including phenoxy) is 1. The van der Waals surface area contributed by atoms with E-state index in [-0.39, 0.29) is 18.0 Å². The molecule has 1 amide bonds. The van der Waals surface area contributed by atoms with Crippen LogP contribution in [0.5, 0.6) is 0 Å². The van der Waals surface area contributed by atoms with Crippen molar-refractivity contribution in [2.45, 2.75) is 38.2 Å². The molecule has 0 aliphatic carbocycles. The molecule has 9 heteroatoms. The van der Waals surface area contributed by atoms with Gasteiger partial charge in [0.25, 0.3) is 0 Å². The topological polar surface area (TPSA) is 92.8 Å². The molecule has 0 saturated heterocycles. The van der Waals surface area contributed by atoms with Gasteiger partial charge in [-0.2, -0.15) is 10.7 Å². The number of aryl methyl sites for hydroxylation is 1. The van der Waals surface area contributed by atoms with E-state index in [1.165, 1.54) is 18.5 Å². The van der Waals surface area contributed by atoms with Gasteiger partial charge in [-0.05, 0) is 46.4 Å². The van der Waals surface area contributed by atoms with Crippen LogP contribution in [0.25, 0.3) is 0 Å². The molecule has 1 N–H and O–H groups in total. The quantitative estimate of drug-likeness (QED) is 0.205. The molecule has 0 saturated carbocycles. The summed E-state index contributed by atoms with van der Waals surface area (Å²) in [6.07, 6.45) is 1.48. The Morgan fingerprint density at radius 2 is 1.80 bits per heavy atom. The Kier molecular flexibility index (Phi) is 7.76. The summed E-state index contributed by atoms with van der Waals surface area (Å²) in [7, 11) is -3.89. The molecule has 146 valence electrons. The minimum absolute atomic E-state index is 0. The summed E-state index contributed by atoms with van der Waals surface area (Å²) < 4.78 is 31.6. The molecule has 1 rings (SSSR count). The van der Waals surface area contributed by atoms with Crippen molar-refractivity contribution in [3.8, 4) is 0 Å². The van der Waals surface area contributed by atoms with Crippen LogP contribution in [0.1, 0.15) is 26.3 Å². The Morgan fingerprint density at radius 3 is 2.28 bits per heavy atom. The van der Waals surface area contributed by atoms with Gasteiger partial charge in [0, 0.05) is 6.54 Å². The fourth-order valence-electron chi connectivity index (χ4n) is 1.89. The van der Waals surface area contributed by atoms with Crippen LogP contribution in [0.15, 0.2) is 29.2 Å². The van der Waals surface area contributed by atoms with Gasteiger partial charge in [-0.1, -0.05) is 17.7 Å². The Bertz CT molecular complexity index is 669. The number of sulfonamides is 1. The number of carbonyl (C=O) groups is 1. The normalized spacial score (nSPS) is 11.6. The summed E-state index contributed by atoms with van der Waals surface area (Å²) in [4.78, 5) is 22.3. The molecule has 0 fully saturated rings. The maximum Gasteiger partial charge on any atom is 0.321 e. The van der Waals surface area contributed by atoms with E-state index in [4.69, 9.17) is 4.74 Å². The van der Waals surface area contributed by atoms with Gasteiger partial charge >= 0.3 is 5.97 Å². The average molecular weight is 612 g/mol. The number of hydrogen-bond donors (Lipinski definition) is 1. The second kappa shape index (κ2) is 8.79. The van der Waals surface area contributed by atoms with Crippen molar-refractivity contribution in [3.63, 3.8) is 0 Å². The van der Waals surface area contributed by atoms with Gasteiger partial charge in [0.1, 0.15) is 12.1 Å². The van der Waals surface area contributed by atoms with Gasteiger partial charge in [-0.25, -0.2) is 8.42 Å². The summed E-state index contributed by atoms with van der Waals surface area (Å²) in [5.74, 6) is -0.659. The molecule has 7 nitrogen and oxygen atoms in total. The number of hydrogen-bond acceptors (Lipinski definition) is 5. The van der Waals surface area contributed by atoms with Gasteiger partial charge in [0.2, 0.25) is 10.0 Å². The predicted octanol–water partition coefficient (Wildman–Crippen LogP) is 0.984. The molecule has 0 spiro atoms. The summed E-state index contributed by atoms with van der Waals surface area (Å²) in [5.41, 5.74) is 0.204. The SMILES string of the molecule is Cc1ccc(S(=O)(=O)N(CCN[C-]=O)CC(=O)OC(C)(C)C)cc1.[Fm]. The van der Waals surface area contributed by atoms with E-state index in [9.17, 15) is 18.0 Å². The third-order valence-electron chi connectivity index (χ3n) is 2.94. The molecule has 0 heterocycles. The van der Waals surface area contributed by atoms with Crippen LogP contribution in [0, 0.1) is 6.92 Å². The second-order valence-electron chi connectivity index (χ2n) is 6.27. The molecule has 25 heavy (non-hydrogen) atoms. The molecule has 0 aliphatic heterocycles. The van der Waals surface area contributed by atoms with E-state index in [0.29, 0.717) is 0 Å². The molecule has 1 aromatic carbocycles. The molecule has 0 aliphatic rings. The van der Waals surface area contributed by atoms with Crippen LogP contribution >= 0.6 is 0 Å². The van der Waals surface area contributed by atoms with Gasteiger partial charge in [0.15, 0.2) is 0 Å². The molecular weight excluding hydrogens is 589 g/mol. The average Bonchev–Trinajstić information content (AvgIpc) is 2.45. The van der Waals surface area contributed by atoms with Gasteiger partial charge in [-0.15, -0.1) is 0 Å². The zero-order valence-corrected chi connectivity index (χ0v) is 17.8. The Morgan fingerprint density at radius 1 is 1.24 bits per heavy atom. The smallest absolute Gasteiger partial charge is 0.321 e. The van der Waals surface area contributed by atoms with E-state index in [2.05, 4.69) is 5.32 Å². The van der Waals surface area contributed by atoms with Crippen LogP contribution in [0.2, 0.25) is 0 Å². The minimum Gasteiger partial charge on any atom is -0.529 e.